The first-order chi connectivity index (χ1) is 2.81. The van der Waals surface area contributed by atoms with Crippen LogP contribution in [0.5, 0.6) is 0 Å². The lowest BCUT2D eigenvalue weighted by molar-refractivity contribution is 0.179. The summed E-state index contributed by atoms with van der Waals surface area (Å²) < 4.78 is 0. The second kappa shape index (κ2) is 6.21. The van der Waals surface area contributed by atoms with Crippen LogP contribution in [0.2, 0.25) is 0 Å². The molecule has 46 valence electrons. The maximum Gasteiger partial charge on any atom is 0.0659 e. The second-order valence-corrected chi connectivity index (χ2v) is 1.30. The molecule has 0 aromatic heterocycles. The highest BCUT2D eigenvalue weighted by Gasteiger charge is 1.90. The van der Waals surface area contributed by atoms with E-state index in [9.17, 15) is 0 Å². The van der Waals surface area contributed by atoms with E-state index in [0.717, 1.165) is 6.42 Å². The van der Waals surface area contributed by atoms with Gasteiger partial charge in [0.2, 0.25) is 0 Å². The Bertz CT molecular complexity index is 30.9. The van der Waals surface area contributed by atoms with Gasteiger partial charge in [-0.15, -0.1) is 12.4 Å². The average molecular weight is 126 g/mol. The van der Waals surface area contributed by atoms with Crippen molar-refractivity contribution in [1.82, 2.24) is 0 Å². The third-order valence-corrected chi connectivity index (χ3v) is 0.743. The highest BCUT2D eigenvalue weighted by atomic mass is 35.5. The standard InChI is InChI=1S/C4H11NO.ClH/c1-2-4(6)3-5;/h4,6H,2-3,5H2,1H3;1H/t4-;/m1./s1. The molecule has 0 aromatic rings. The predicted molar refractivity (Wildman–Crippen MR) is 32.6 cm³/mol. The molecule has 0 saturated carbocycles. The maximum atomic E-state index is 8.54. The largest absolute Gasteiger partial charge is 0.392 e. The van der Waals surface area contributed by atoms with Crippen LogP contribution in [-0.4, -0.2) is 17.8 Å². The van der Waals surface area contributed by atoms with Gasteiger partial charge in [-0.3, -0.25) is 0 Å². The fourth-order valence-electron chi connectivity index (χ4n) is 0.167. The van der Waals surface area contributed by atoms with Crippen molar-refractivity contribution in [1.29, 1.82) is 0 Å². The number of rotatable bonds is 2. The van der Waals surface area contributed by atoms with Crippen LogP contribution in [0.15, 0.2) is 0 Å². The summed E-state index contributed by atoms with van der Waals surface area (Å²) >= 11 is 0. The Morgan fingerprint density at radius 1 is 1.71 bits per heavy atom. The third kappa shape index (κ3) is 6.21. The molecule has 0 saturated heterocycles. The number of nitrogens with two attached hydrogens (primary N) is 1. The van der Waals surface area contributed by atoms with Gasteiger partial charge in [0.15, 0.2) is 0 Å². The number of aliphatic hydroxyl groups is 1. The molecule has 0 spiro atoms. The van der Waals surface area contributed by atoms with E-state index < -0.39 is 0 Å². The summed E-state index contributed by atoms with van der Waals surface area (Å²) in [5.74, 6) is 0. The van der Waals surface area contributed by atoms with Crippen molar-refractivity contribution in [3.63, 3.8) is 0 Å². The van der Waals surface area contributed by atoms with Crippen molar-refractivity contribution in [3.05, 3.63) is 0 Å². The SMILES string of the molecule is CC[C@@H](O)CN.Cl. The zero-order valence-corrected chi connectivity index (χ0v) is 5.24. The van der Waals surface area contributed by atoms with Gasteiger partial charge in [-0.25, -0.2) is 0 Å². The van der Waals surface area contributed by atoms with E-state index >= 15 is 0 Å². The van der Waals surface area contributed by atoms with Crippen LogP contribution in [0.3, 0.4) is 0 Å². The van der Waals surface area contributed by atoms with Crippen LogP contribution < -0.4 is 5.73 Å². The van der Waals surface area contributed by atoms with Gasteiger partial charge in [-0.05, 0) is 6.42 Å². The Hall–Kier alpha value is 0.210. The van der Waals surface area contributed by atoms with Gasteiger partial charge in [0.05, 0.1) is 6.10 Å². The number of hydrogen-bond donors (Lipinski definition) is 2. The quantitative estimate of drug-likeness (QED) is 0.552. The Morgan fingerprint density at radius 2 is 2.14 bits per heavy atom. The van der Waals surface area contributed by atoms with Crippen molar-refractivity contribution >= 4 is 12.4 Å². The van der Waals surface area contributed by atoms with E-state index in [-0.39, 0.29) is 18.5 Å². The molecule has 0 aliphatic heterocycles. The van der Waals surface area contributed by atoms with Gasteiger partial charge >= 0.3 is 0 Å². The normalized spacial score (nSPS) is 12.4. The van der Waals surface area contributed by atoms with Gasteiger partial charge < -0.3 is 10.8 Å². The van der Waals surface area contributed by atoms with Gasteiger partial charge in [-0.2, -0.15) is 0 Å². The van der Waals surface area contributed by atoms with Gasteiger partial charge in [-0.1, -0.05) is 6.92 Å². The Balaban J connectivity index is 0. The molecule has 0 aliphatic rings. The molecule has 0 unspecified atom stereocenters. The van der Waals surface area contributed by atoms with Crippen molar-refractivity contribution in [2.24, 2.45) is 5.73 Å². The van der Waals surface area contributed by atoms with Crippen LogP contribution in [0.25, 0.3) is 0 Å². The molecule has 0 radical (unpaired) electrons. The fourth-order valence-corrected chi connectivity index (χ4v) is 0.167. The van der Waals surface area contributed by atoms with Crippen molar-refractivity contribution in [2.75, 3.05) is 6.54 Å². The van der Waals surface area contributed by atoms with Crippen molar-refractivity contribution in [3.8, 4) is 0 Å². The molecule has 0 fully saturated rings. The fraction of sp³-hybridized carbons (Fsp3) is 1.00. The lowest BCUT2D eigenvalue weighted by Gasteiger charge is -1.98. The van der Waals surface area contributed by atoms with Crippen LogP contribution >= 0.6 is 12.4 Å². The summed E-state index contributed by atoms with van der Waals surface area (Å²) in [4.78, 5) is 0. The van der Waals surface area contributed by atoms with E-state index in [2.05, 4.69) is 0 Å². The van der Waals surface area contributed by atoms with E-state index in [1.54, 1.807) is 0 Å². The van der Waals surface area contributed by atoms with E-state index in [0.29, 0.717) is 6.54 Å². The Morgan fingerprint density at radius 3 is 2.14 bits per heavy atom. The highest BCUT2D eigenvalue weighted by molar-refractivity contribution is 5.85. The lowest BCUT2D eigenvalue weighted by Crippen LogP contribution is -2.17. The monoisotopic (exact) mass is 125 g/mol. The first-order valence-electron chi connectivity index (χ1n) is 2.19. The summed E-state index contributed by atoms with van der Waals surface area (Å²) in [6, 6.07) is 0. The van der Waals surface area contributed by atoms with Crippen LogP contribution in [0.1, 0.15) is 13.3 Å². The molecule has 0 rings (SSSR count). The van der Waals surface area contributed by atoms with Crippen LogP contribution in [-0.2, 0) is 0 Å². The molecule has 0 bridgehead atoms. The lowest BCUT2D eigenvalue weighted by atomic mass is 10.3. The summed E-state index contributed by atoms with van der Waals surface area (Å²) in [7, 11) is 0. The first kappa shape index (κ1) is 10.2. The average Bonchev–Trinajstić information content (AvgIpc) is 1.65. The van der Waals surface area contributed by atoms with E-state index in [4.69, 9.17) is 10.8 Å². The molecular formula is C4H12ClNO. The Labute approximate surface area is 50.1 Å². The summed E-state index contributed by atoms with van der Waals surface area (Å²) in [6.45, 7) is 2.29. The minimum absolute atomic E-state index is 0. The molecular weight excluding hydrogens is 114 g/mol. The first-order valence-corrected chi connectivity index (χ1v) is 2.19. The molecule has 0 heterocycles. The van der Waals surface area contributed by atoms with Crippen molar-refractivity contribution < 1.29 is 5.11 Å². The molecule has 3 heteroatoms. The molecule has 2 nitrogen and oxygen atoms in total. The maximum absolute atomic E-state index is 8.54. The van der Waals surface area contributed by atoms with E-state index in [1.165, 1.54) is 0 Å². The molecule has 0 aromatic carbocycles. The zero-order chi connectivity index (χ0) is 4.99. The minimum Gasteiger partial charge on any atom is -0.392 e. The molecule has 7 heavy (non-hydrogen) atoms. The zero-order valence-electron chi connectivity index (χ0n) is 4.42. The Kier molecular flexibility index (Phi) is 9.09. The second-order valence-electron chi connectivity index (χ2n) is 1.30. The van der Waals surface area contributed by atoms with Gasteiger partial charge in [0, 0.05) is 6.54 Å². The number of aliphatic hydroxyl groups excluding tert-OH is 1. The molecule has 3 N–H and O–H groups in total. The molecule has 0 aliphatic carbocycles. The number of hydrogen-bond acceptors (Lipinski definition) is 2. The molecule has 1 atom stereocenters. The van der Waals surface area contributed by atoms with E-state index in [1.807, 2.05) is 6.92 Å². The highest BCUT2D eigenvalue weighted by Crippen LogP contribution is 1.81. The third-order valence-electron chi connectivity index (χ3n) is 0.743. The summed E-state index contributed by atoms with van der Waals surface area (Å²) in [5, 5.41) is 8.54. The predicted octanol–water partition coefficient (Wildman–Crippen LogP) is 0.138. The van der Waals surface area contributed by atoms with Gasteiger partial charge in [0.1, 0.15) is 0 Å². The topological polar surface area (TPSA) is 46.2 Å². The van der Waals surface area contributed by atoms with Crippen LogP contribution in [0, 0.1) is 0 Å². The number of halogens is 1. The summed E-state index contributed by atoms with van der Waals surface area (Å²) in [5.41, 5.74) is 5.03. The summed E-state index contributed by atoms with van der Waals surface area (Å²) in [6.07, 6.45) is 0.473. The van der Waals surface area contributed by atoms with Crippen LogP contribution in [0.4, 0.5) is 0 Å². The van der Waals surface area contributed by atoms with Crippen molar-refractivity contribution in [2.45, 2.75) is 19.4 Å². The van der Waals surface area contributed by atoms with Gasteiger partial charge in [0.25, 0.3) is 0 Å². The smallest absolute Gasteiger partial charge is 0.0659 e. The minimum atomic E-state index is -0.287. The molecule has 0 amide bonds.